The number of nitrogens with zero attached hydrogens (tertiary/aromatic N) is 1. The predicted molar refractivity (Wildman–Crippen MR) is 70.6 cm³/mol. The second kappa shape index (κ2) is 8.04. The summed E-state index contributed by atoms with van der Waals surface area (Å²) in [4.78, 5) is 2.60. The Kier molecular flexibility index (Phi) is 7.01. The maximum atomic E-state index is 5.48. The van der Waals surface area contributed by atoms with Crippen LogP contribution in [-0.4, -0.2) is 43.7 Å². The first-order chi connectivity index (χ1) is 7.72. The Morgan fingerprint density at radius 1 is 1.25 bits per heavy atom. The van der Waals surface area contributed by atoms with Gasteiger partial charge in [-0.25, -0.2) is 0 Å². The predicted octanol–water partition coefficient (Wildman–Crippen LogP) is 1.44. The molecule has 0 bridgehead atoms. The minimum absolute atomic E-state index is 0.751. The van der Waals surface area contributed by atoms with Crippen molar-refractivity contribution in [2.24, 2.45) is 11.7 Å². The molecule has 0 amide bonds. The van der Waals surface area contributed by atoms with Crippen LogP contribution in [0.25, 0.3) is 0 Å². The van der Waals surface area contributed by atoms with Gasteiger partial charge in [0, 0.05) is 12.6 Å². The van der Waals surface area contributed by atoms with Crippen molar-refractivity contribution in [1.29, 1.82) is 0 Å². The Bertz CT molecular complexity index is 163. The van der Waals surface area contributed by atoms with Gasteiger partial charge in [0.15, 0.2) is 0 Å². The van der Waals surface area contributed by atoms with Crippen molar-refractivity contribution in [2.45, 2.75) is 45.6 Å². The molecule has 0 aromatic heterocycles. The topological polar surface area (TPSA) is 41.3 Å². The van der Waals surface area contributed by atoms with Gasteiger partial charge in [0.1, 0.15) is 0 Å². The van der Waals surface area contributed by atoms with Crippen molar-refractivity contribution >= 4 is 0 Å². The quantitative estimate of drug-likeness (QED) is 0.647. The zero-order valence-electron chi connectivity index (χ0n) is 11.0. The summed E-state index contributed by atoms with van der Waals surface area (Å²) in [6.07, 6.45) is 5.01. The highest BCUT2D eigenvalue weighted by atomic mass is 15.1. The van der Waals surface area contributed by atoms with Crippen LogP contribution in [0.2, 0.25) is 0 Å². The van der Waals surface area contributed by atoms with Gasteiger partial charge < -0.3 is 16.0 Å². The molecule has 3 nitrogen and oxygen atoms in total. The molecule has 0 spiro atoms. The zero-order valence-corrected chi connectivity index (χ0v) is 11.0. The number of hydrogen-bond acceptors (Lipinski definition) is 3. The molecule has 3 heteroatoms. The second-order valence-corrected chi connectivity index (χ2v) is 5.42. The summed E-state index contributed by atoms with van der Waals surface area (Å²) in [7, 11) is 0. The van der Waals surface area contributed by atoms with E-state index in [9.17, 15) is 0 Å². The minimum atomic E-state index is 0.751. The lowest BCUT2D eigenvalue weighted by Gasteiger charge is -2.33. The maximum Gasteiger partial charge on any atom is 0.00914 e. The Balaban J connectivity index is 2.03. The molecule has 1 heterocycles. The molecule has 1 saturated heterocycles. The summed E-state index contributed by atoms with van der Waals surface area (Å²) < 4.78 is 0. The third kappa shape index (κ3) is 5.83. The van der Waals surface area contributed by atoms with Crippen LogP contribution in [-0.2, 0) is 0 Å². The molecule has 1 rings (SSSR count). The van der Waals surface area contributed by atoms with E-state index >= 15 is 0 Å². The fourth-order valence-corrected chi connectivity index (χ4v) is 2.41. The monoisotopic (exact) mass is 227 g/mol. The first kappa shape index (κ1) is 13.9. The van der Waals surface area contributed by atoms with Gasteiger partial charge in [0.05, 0.1) is 0 Å². The van der Waals surface area contributed by atoms with E-state index in [-0.39, 0.29) is 0 Å². The van der Waals surface area contributed by atoms with Crippen LogP contribution in [0.15, 0.2) is 0 Å². The van der Waals surface area contributed by atoms with Crippen LogP contribution in [0.5, 0.6) is 0 Å². The first-order valence-corrected chi connectivity index (χ1v) is 6.88. The summed E-state index contributed by atoms with van der Waals surface area (Å²) in [5.74, 6) is 0.800. The number of nitrogens with two attached hydrogens (primary N) is 1. The number of likely N-dealkylation sites (tertiary alicyclic amines) is 1. The summed E-state index contributed by atoms with van der Waals surface area (Å²) in [5, 5.41) is 3.65. The standard InChI is InChI=1S/C13H29N3/c1-12(2)11-16-9-5-13(6-10-16)15-8-4-3-7-14/h12-13,15H,3-11,14H2,1-2H3. The minimum Gasteiger partial charge on any atom is -0.330 e. The SMILES string of the molecule is CC(C)CN1CCC(NCCCCN)CC1. The van der Waals surface area contributed by atoms with Gasteiger partial charge in [-0.05, 0) is 57.8 Å². The molecular formula is C13H29N3. The van der Waals surface area contributed by atoms with E-state index in [4.69, 9.17) is 5.73 Å². The molecule has 1 aliphatic heterocycles. The highest BCUT2D eigenvalue weighted by molar-refractivity contribution is 4.77. The van der Waals surface area contributed by atoms with E-state index in [1.165, 1.54) is 38.9 Å². The van der Waals surface area contributed by atoms with Crippen LogP contribution in [0.1, 0.15) is 39.5 Å². The zero-order chi connectivity index (χ0) is 11.8. The van der Waals surface area contributed by atoms with E-state index in [0.29, 0.717) is 0 Å². The smallest absolute Gasteiger partial charge is 0.00914 e. The van der Waals surface area contributed by atoms with Crippen molar-refractivity contribution in [2.75, 3.05) is 32.7 Å². The Labute approximate surface area is 101 Å². The second-order valence-electron chi connectivity index (χ2n) is 5.42. The highest BCUT2D eigenvalue weighted by Crippen LogP contribution is 2.11. The third-order valence-corrected chi connectivity index (χ3v) is 3.27. The van der Waals surface area contributed by atoms with E-state index in [0.717, 1.165) is 31.5 Å². The number of hydrogen-bond donors (Lipinski definition) is 2. The van der Waals surface area contributed by atoms with Crippen LogP contribution >= 0.6 is 0 Å². The molecule has 0 aromatic rings. The van der Waals surface area contributed by atoms with Crippen molar-refractivity contribution in [3.05, 3.63) is 0 Å². The summed E-state index contributed by atoms with van der Waals surface area (Å²) in [6.45, 7) is 10.4. The van der Waals surface area contributed by atoms with Crippen molar-refractivity contribution < 1.29 is 0 Å². The highest BCUT2D eigenvalue weighted by Gasteiger charge is 2.18. The molecule has 0 unspecified atom stereocenters. The molecule has 0 aliphatic carbocycles. The molecule has 0 atom stereocenters. The van der Waals surface area contributed by atoms with Crippen LogP contribution < -0.4 is 11.1 Å². The summed E-state index contributed by atoms with van der Waals surface area (Å²) in [6, 6.07) is 0.751. The molecule has 96 valence electrons. The van der Waals surface area contributed by atoms with Gasteiger partial charge in [-0.1, -0.05) is 13.8 Å². The fraction of sp³-hybridized carbons (Fsp3) is 1.00. The molecule has 0 radical (unpaired) electrons. The van der Waals surface area contributed by atoms with Gasteiger partial charge in [-0.15, -0.1) is 0 Å². The van der Waals surface area contributed by atoms with E-state index in [1.54, 1.807) is 0 Å². The normalized spacial score (nSPS) is 19.5. The molecule has 0 aromatic carbocycles. The Hall–Kier alpha value is -0.120. The van der Waals surface area contributed by atoms with E-state index in [1.807, 2.05) is 0 Å². The van der Waals surface area contributed by atoms with Crippen LogP contribution in [0.3, 0.4) is 0 Å². The molecule has 3 N–H and O–H groups in total. The molecule has 1 fully saturated rings. The van der Waals surface area contributed by atoms with Gasteiger partial charge >= 0.3 is 0 Å². The largest absolute Gasteiger partial charge is 0.330 e. The summed E-state index contributed by atoms with van der Waals surface area (Å²) in [5.41, 5.74) is 5.48. The number of piperidine rings is 1. The third-order valence-electron chi connectivity index (χ3n) is 3.27. The van der Waals surface area contributed by atoms with Gasteiger partial charge in [0.2, 0.25) is 0 Å². The average Bonchev–Trinajstić information content (AvgIpc) is 2.26. The van der Waals surface area contributed by atoms with Gasteiger partial charge in [0.25, 0.3) is 0 Å². The van der Waals surface area contributed by atoms with Crippen molar-refractivity contribution in [3.8, 4) is 0 Å². The first-order valence-electron chi connectivity index (χ1n) is 6.88. The number of unbranched alkanes of at least 4 members (excludes halogenated alkanes) is 1. The lowest BCUT2D eigenvalue weighted by molar-refractivity contribution is 0.180. The van der Waals surface area contributed by atoms with Gasteiger partial charge in [-0.3, -0.25) is 0 Å². The van der Waals surface area contributed by atoms with E-state index in [2.05, 4.69) is 24.1 Å². The van der Waals surface area contributed by atoms with Crippen molar-refractivity contribution in [3.63, 3.8) is 0 Å². The van der Waals surface area contributed by atoms with Crippen molar-refractivity contribution in [1.82, 2.24) is 10.2 Å². The van der Waals surface area contributed by atoms with E-state index < -0.39 is 0 Å². The molecule has 16 heavy (non-hydrogen) atoms. The Morgan fingerprint density at radius 3 is 2.50 bits per heavy atom. The van der Waals surface area contributed by atoms with Crippen LogP contribution in [0.4, 0.5) is 0 Å². The number of rotatable bonds is 7. The Morgan fingerprint density at radius 2 is 1.94 bits per heavy atom. The number of nitrogens with one attached hydrogen (secondary N) is 1. The van der Waals surface area contributed by atoms with Crippen LogP contribution in [0, 0.1) is 5.92 Å². The average molecular weight is 227 g/mol. The van der Waals surface area contributed by atoms with Gasteiger partial charge in [-0.2, -0.15) is 0 Å². The maximum absolute atomic E-state index is 5.48. The molecular weight excluding hydrogens is 198 g/mol. The molecule has 1 aliphatic rings. The lowest BCUT2D eigenvalue weighted by atomic mass is 10.0. The lowest BCUT2D eigenvalue weighted by Crippen LogP contribution is -2.43. The molecule has 0 saturated carbocycles. The fourth-order valence-electron chi connectivity index (χ4n) is 2.41. The summed E-state index contributed by atoms with van der Waals surface area (Å²) >= 11 is 0.